The molecule has 1 aliphatic carbocycles. The average Bonchev–Trinajstić information content (AvgIpc) is 3.06. The molecule has 1 heterocycles. The van der Waals surface area contributed by atoms with E-state index in [1.54, 1.807) is 24.3 Å². The average molecular weight is 442 g/mol. The van der Waals surface area contributed by atoms with E-state index in [1.165, 1.54) is 70.6 Å². The van der Waals surface area contributed by atoms with Crippen LogP contribution in [0.15, 0.2) is 24.3 Å². The van der Waals surface area contributed by atoms with Crippen LogP contribution >= 0.6 is 0 Å². The molecule has 1 aromatic rings. The van der Waals surface area contributed by atoms with Crippen LogP contribution in [0.2, 0.25) is 0 Å². The lowest BCUT2D eigenvalue weighted by molar-refractivity contribution is 0.0794. The minimum atomic E-state index is -0.300. The maximum atomic E-state index is 10.9. The van der Waals surface area contributed by atoms with Crippen molar-refractivity contribution in [1.82, 2.24) is 5.32 Å². The van der Waals surface area contributed by atoms with Crippen molar-refractivity contribution in [3.05, 3.63) is 35.4 Å². The van der Waals surface area contributed by atoms with Gasteiger partial charge >= 0.3 is 0 Å². The van der Waals surface area contributed by atoms with E-state index in [2.05, 4.69) is 39.9 Å². The van der Waals surface area contributed by atoms with E-state index in [0.717, 1.165) is 29.6 Å². The molecular weight excluding hydrogens is 394 g/mol. The Labute approximate surface area is 197 Å². The predicted octanol–water partition coefficient (Wildman–Crippen LogP) is 8.04. The van der Waals surface area contributed by atoms with Gasteiger partial charge in [-0.3, -0.25) is 14.9 Å². The lowest BCUT2D eigenvalue weighted by Crippen LogP contribution is -2.33. The Morgan fingerprint density at radius 3 is 2.06 bits per heavy atom. The molecule has 2 amide bonds. The predicted molar refractivity (Wildman–Crippen MR) is 135 cm³/mol. The first-order valence-corrected chi connectivity index (χ1v) is 13.3. The first-order chi connectivity index (χ1) is 15.4. The second kappa shape index (κ2) is 13.8. The van der Waals surface area contributed by atoms with Crippen molar-refractivity contribution in [1.29, 1.82) is 0 Å². The third kappa shape index (κ3) is 7.74. The molecule has 180 valence electrons. The smallest absolute Gasteiger partial charge is 0.258 e. The quantitative estimate of drug-likeness (QED) is 0.295. The summed E-state index contributed by atoms with van der Waals surface area (Å²) in [7, 11) is 0. The zero-order chi connectivity index (χ0) is 23.5. The molecule has 3 rings (SSSR count). The minimum Gasteiger partial charge on any atom is -0.288 e. The summed E-state index contributed by atoms with van der Waals surface area (Å²) >= 11 is 0. The van der Waals surface area contributed by atoms with Crippen LogP contribution in [0.1, 0.15) is 126 Å². The van der Waals surface area contributed by atoms with E-state index < -0.39 is 0 Å². The number of carbonyl (C=O) groups is 2. The summed E-state index contributed by atoms with van der Waals surface area (Å²) in [6.45, 7) is 12.0. The van der Waals surface area contributed by atoms with Crippen LogP contribution in [-0.2, 0) is 0 Å². The van der Waals surface area contributed by atoms with Gasteiger partial charge in [0.05, 0.1) is 11.1 Å². The molecule has 0 radical (unpaired) electrons. The fourth-order valence-electron chi connectivity index (χ4n) is 5.95. The van der Waals surface area contributed by atoms with Crippen LogP contribution < -0.4 is 5.32 Å². The molecule has 4 unspecified atom stereocenters. The van der Waals surface area contributed by atoms with Crippen LogP contribution in [-0.4, -0.2) is 11.8 Å². The SMILES string of the molecule is CCCC1C(CCCCCCC(C)C)CCC(C)C1CC.O=C1NC(=O)c2ccccc21. The number of carbonyl (C=O) groups excluding carboxylic acids is 2. The monoisotopic (exact) mass is 441 g/mol. The Bertz CT molecular complexity index is 678. The third-order valence-corrected chi connectivity index (χ3v) is 7.72. The number of unbranched alkanes of at least 4 members (excludes halogenated alkanes) is 3. The first-order valence-electron chi connectivity index (χ1n) is 13.3. The molecule has 1 fully saturated rings. The Kier molecular flexibility index (Phi) is 11.5. The summed E-state index contributed by atoms with van der Waals surface area (Å²) < 4.78 is 0. The molecule has 1 aliphatic heterocycles. The molecule has 0 spiro atoms. The van der Waals surface area contributed by atoms with E-state index in [4.69, 9.17) is 0 Å². The zero-order valence-electron chi connectivity index (χ0n) is 21.3. The van der Waals surface area contributed by atoms with Crippen molar-refractivity contribution in [2.24, 2.45) is 29.6 Å². The third-order valence-electron chi connectivity index (χ3n) is 7.72. The number of benzene rings is 1. The van der Waals surface area contributed by atoms with Gasteiger partial charge in [0, 0.05) is 0 Å². The van der Waals surface area contributed by atoms with Gasteiger partial charge < -0.3 is 0 Å². The summed E-state index contributed by atoms with van der Waals surface area (Å²) in [5.74, 6) is 4.38. The molecule has 3 heteroatoms. The Balaban J connectivity index is 0.000000273. The summed E-state index contributed by atoms with van der Waals surface area (Å²) in [4.78, 5) is 21.9. The van der Waals surface area contributed by atoms with Gasteiger partial charge in [-0.25, -0.2) is 0 Å². The lowest BCUT2D eigenvalue weighted by atomic mass is 9.63. The molecule has 1 aromatic carbocycles. The van der Waals surface area contributed by atoms with Crippen molar-refractivity contribution < 1.29 is 9.59 Å². The van der Waals surface area contributed by atoms with Gasteiger partial charge in [-0.2, -0.15) is 0 Å². The zero-order valence-corrected chi connectivity index (χ0v) is 21.3. The number of hydrogen-bond acceptors (Lipinski definition) is 2. The number of rotatable bonds is 10. The molecule has 32 heavy (non-hydrogen) atoms. The molecule has 0 saturated heterocycles. The maximum Gasteiger partial charge on any atom is 0.258 e. The summed E-state index contributed by atoms with van der Waals surface area (Å²) in [6.07, 6.45) is 16.2. The van der Waals surface area contributed by atoms with Gasteiger partial charge in [-0.05, 0) is 48.1 Å². The number of fused-ring (bicyclic) bond motifs is 1. The first kappa shape index (κ1) is 26.6. The highest BCUT2D eigenvalue weighted by Gasteiger charge is 2.35. The van der Waals surface area contributed by atoms with Gasteiger partial charge in [0.1, 0.15) is 0 Å². The topological polar surface area (TPSA) is 46.2 Å². The highest BCUT2D eigenvalue weighted by Crippen LogP contribution is 2.44. The van der Waals surface area contributed by atoms with Crippen LogP contribution in [0.4, 0.5) is 0 Å². The molecular formula is C29H47NO2. The lowest BCUT2D eigenvalue weighted by Gasteiger charge is -2.42. The van der Waals surface area contributed by atoms with Crippen LogP contribution in [0.5, 0.6) is 0 Å². The molecule has 1 saturated carbocycles. The second-order valence-electron chi connectivity index (χ2n) is 10.6. The largest absolute Gasteiger partial charge is 0.288 e. The van der Waals surface area contributed by atoms with E-state index >= 15 is 0 Å². The minimum absolute atomic E-state index is 0.300. The van der Waals surface area contributed by atoms with Crippen LogP contribution in [0.3, 0.4) is 0 Å². The number of amides is 2. The summed E-state index contributed by atoms with van der Waals surface area (Å²) in [5, 5.41) is 2.20. The van der Waals surface area contributed by atoms with Crippen molar-refractivity contribution in [2.45, 2.75) is 105 Å². The molecule has 1 N–H and O–H groups in total. The van der Waals surface area contributed by atoms with Crippen molar-refractivity contribution in [3.63, 3.8) is 0 Å². The number of nitrogens with one attached hydrogen (secondary N) is 1. The van der Waals surface area contributed by atoms with Gasteiger partial charge in [0.15, 0.2) is 0 Å². The van der Waals surface area contributed by atoms with Gasteiger partial charge in [-0.1, -0.05) is 111 Å². The molecule has 3 nitrogen and oxygen atoms in total. The highest BCUT2D eigenvalue weighted by atomic mass is 16.2. The second-order valence-corrected chi connectivity index (χ2v) is 10.6. The maximum absolute atomic E-state index is 10.9. The van der Waals surface area contributed by atoms with Gasteiger partial charge in [0.25, 0.3) is 11.8 Å². The van der Waals surface area contributed by atoms with Gasteiger partial charge in [0.2, 0.25) is 0 Å². The van der Waals surface area contributed by atoms with Crippen LogP contribution in [0.25, 0.3) is 0 Å². The Morgan fingerprint density at radius 1 is 0.875 bits per heavy atom. The molecule has 2 aliphatic rings. The molecule has 4 atom stereocenters. The Hall–Kier alpha value is -1.64. The fraction of sp³-hybridized carbons (Fsp3) is 0.724. The van der Waals surface area contributed by atoms with Crippen molar-refractivity contribution in [2.75, 3.05) is 0 Å². The van der Waals surface area contributed by atoms with E-state index in [1.807, 2.05) is 0 Å². The highest BCUT2D eigenvalue weighted by molar-refractivity contribution is 6.21. The molecule has 0 aromatic heterocycles. The van der Waals surface area contributed by atoms with Gasteiger partial charge in [-0.15, -0.1) is 0 Å². The van der Waals surface area contributed by atoms with Crippen molar-refractivity contribution in [3.8, 4) is 0 Å². The van der Waals surface area contributed by atoms with Crippen molar-refractivity contribution >= 4 is 11.8 Å². The van der Waals surface area contributed by atoms with Crippen LogP contribution in [0, 0.1) is 29.6 Å². The standard InChI is InChI=1S/C21H42.C8H5NO2/c1-6-12-21-19(16-15-18(5)20(21)7-2)14-11-9-8-10-13-17(3)4;10-7-5-3-1-2-4-6(5)8(11)9-7/h17-21H,6-16H2,1-5H3;1-4H,(H,9,10,11). The van der Waals surface area contributed by atoms with E-state index in [9.17, 15) is 9.59 Å². The number of imide groups is 1. The summed E-state index contributed by atoms with van der Waals surface area (Å²) in [5.41, 5.74) is 0.940. The normalized spacial score (nSPS) is 24.7. The molecule has 0 bridgehead atoms. The number of hydrogen-bond donors (Lipinski definition) is 1. The van der Waals surface area contributed by atoms with E-state index in [-0.39, 0.29) is 11.8 Å². The van der Waals surface area contributed by atoms with E-state index in [0.29, 0.717) is 11.1 Å². The summed E-state index contributed by atoms with van der Waals surface area (Å²) in [6, 6.07) is 6.74. The Morgan fingerprint density at radius 2 is 1.50 bits per heavy atom. The fourth-order valence-corrected chi connectivity index (χ4v) is 5.95.